The summed E-state index contributed by atoms with van der Waals surface area (Å²) in [5.74, 6) is 0.222. The third kappa shape index (κ3) is 4.19. The predicted octanol–water partition coefficient (Wildman–Crippen LogP) is 0.867. The molecule has 5 nitrogen and oxygen atoms in total. The summed E-state index contributed by atoms with van der Waals surface area (Å²) in [6, 6.07) is 0. The molecule has 1 rings (SSSR count). The minimum absolute atomic E-state index is 0.0766. The fraction of sp³-hybridized carbons (Fsp3) is 0.667. The Kier molecular flexibility index (Phi) is 5.15. The minimum atomic E-state index is -0.0766. The van der Waals surface area contributed by atoms with Gasteiger partial charge in [0, 0.05) is 26.4 Å². The van der Waals surface area contributed by atoms with Gasteiger partial charge in [-0.1, -0.05) is 6.92 Å². The SMILES string of the molecule is Cc1nn(C)cc1C(=O)NCCCC(C)CO. The molecule has 1 atom stereocenters. The average molecular weight is 239 g/mol. The summed E-state index contributed by atoms with van der Waals surface area (Å²) >= 11 is 0. The van der Waals surface area contributed by atoms with Crippen molar-refractivity contribution >= 4 is 5.91 Å². The van der Waals surface area contributed by atoms with Crippen LogP contribution in [0.5, 0.6) is 0 Å². The Hall–Kier alpha value is -1.36. The molecule has 1 heterocycles. The maximum Gasteiger partial charge on any atom is 0.254 e. The molecule has 0 fully saturated rings. The number of nitrogens with one attached hydrogen (secondary N) is 1. The topological polar surface area (TPSA) is 67.2 Å². The Labute approximate surface area is 102 Å². The molecule has 0 radical (unpaired) electrons. The van der Waals surface area contributed by atoms with E-state index in [0.29, 0.717) is 18.0 Å². The fourth-order valence-corrected chi connectivity index (χ4v) is 1.66. The van der Waals surface area contributed by atoms with Gasteiger partial charge in [-0.2, -0.15) is 5.10 Å². The van der Waals surface area contributed by atoms with Crippen LogP contribution in [-0.4, -0.2) is 33.9 Å². The van der Waals surface area contributed by atoms with Gasteiger partial charge in [0.1, 0.15) is 0 Å². The molecular formula is C12H21N3O2. The second kappa shape index (κ2) is 6.39. The van der Waals surface area contributed by atoms with E-state index in [-0.39, 0.29) is 12.5 Å². The molecule has 0 aliphatic heterocycles. The highest BCUT2D eigenvalue weighted by Gasteiger charge is 2.11. The maximum absolute atomic E-state index is 11.8. The molecule has 0 saturated carbocycles. The Morgan fingerprint density at radius 1 is 1.65 bits per heavy atom. The van der Waals surface area contributed by atoms with Crippen LogP contribution in [-0.2, 0) is 7.05 Å². The maximum atomic E-state index is 11.8. The first-order chi connectivity index (χ1) is 8.04. The van der Waals surface area contributed by atoms with Gasteiger partial charge in [0.2, 0.25) is 0 Å². The first-order valence-electron chi connectivity index (χ1n) is 5.94. The van der Waals surface area contributed by atoms with Crippen molar-refractivity contribution in [3.63, 3.8) is 0 Å². The van der Waals surface area contributed by atoms with Crippen molar-refractivity contribution in [2.45, 2.75) is 26.7 Å². The summed E-state index contributed by atoms with van der Waals surface area (Å²) in [6.45, 7) is 4.66. The van der Waals surface area contributed by atoms with Crippen molar-refractivity contribution in [1.82, 2.24) is 15.1 Å². The van der Waals surface area contributed by atoms with E-state index in [1.165, 1.54) is 0 Å². The van der Waals surface area contributed by atoms with Crippen molar-refractivity contribution in [3.8, 4) is 0 Å². The van der Waals surface area contributed by atoms with Gasteiger partial charge >= 0.3 is 0 Å². The highest BCUT2D eigenvalue weighted by Crippen LogP contribution is 2.05. The van der Waals surface area contributed by atoms with Crippen LogP contribution in [0.4, 0.5) is 0 Å². The summed E-state index contributed by atoms with van der Waals surface area (Å²) in [6.07, 6.45) is 3.52. The lowest BCUT2D eigenvalue weighted by Crippen LogP contribution is -2.25. The van der Waals surface area contributed by atoms with E-state index in [1.54, 1.807) is 17.9 Å². The van der Waals surface area contributed by atoms with Crippen molar-refractivity contribution in [2.75, 3.05) is 13.2 Å². The molecule has 0 bridgehead atoms. The molecule has 1 amide bonds. The van der Waals surface area contributed by atoms with Crippen molar-refractivity contribution in [1.29, 1.82) is 0 Å². The number of nitrogens with zero attached hydrogens (tertiary/aromatic N) is 2. The zero-order chi connectivity index (χ0) is 12.8. The lowest BCUT2D eigenvalue weighted by molar-refractivity contribution is 0.0951. The number of aliphatic hydroxyl groups excluding tert-OH is 1. The molecule has 1 aromatic rings. The number of hydrogen-bond donors (Lipinski definition) is 2. The van der Waals surface area contributed by atoms with E-state index in [0.717, 1.165) is 18.5 Å². The van der Waals surface area contributed by atoms with Crippen LogP contribution in [0.1, 0.15) is 35.8 Å². The van der Waals surface area contributed by atoms with Gasteiger partial charge in [0.25, 0.3) is 5.91 Å². The van der Waals surface area contributed by atoms with Gasteiger partial charge in [0.05, 0.1) is 11.3 Å². The normalized spacial score (nSPS) is 12.5. The highest BCUT2D eigenvalue weighted by atomic mass is 16.3. The molecule has 1 unspecified atom stereocenters. The van der Waals surface area contributed by atoms with Crippen molar-refractivity contribution < 1.29 is 9.90 Å². The summed E-state index contributed by atoms with van der Waals surface area (Å²) in [5.41, 5.74) is 1.37. The van der Waals surface area contributed by atoms with Crippen LogP contribution in [0.25, 0.3) is 0 Å². The van der Waals surface area contributed by atoms with Crippen LogP contribution >= 0.6 is 0 Å². The minimum Gasteiger partial charge on any atom is -0.396 e. The number of hydrogen-bond acceptors (Lipinski definition) is 3. The number of amides is 1. The van der Waals surface area contributed by atoms with E-state index >= 15 is 0 Å². The van der Waals surface area contributed by atoms with Crippen LogP contribution < -0.4 is 5.32 Å². The van der Waals surface area contributed by atoms with Gasteiger partial charge < -0.3 is 10.4 Å². The van der Waals surface area contributed by atoms with Gasteiger partial charge in [-0.3, -0.25) is 9.48 Å². The third-order valence-corrected chi connectivity index (χ3v) is 2.73. The van der Waals surface area contributed by atoms with E-state index in [1.807, 2.05) is 13.8 Å². The number of aryl methyl sites for hydroxylation is 2. The first-order valence-corrected chi connectivity index (χ1v) is 5.94. The first kappa shape index (κ1) is 13.7. The number of carbonyl (C=O) groups excluding carboxylic acids is 1. The van der Waals surface area contributed by atoms with E-state index in [4.69, 9.17) is 5.11 Å². The average Bonchev–Trinajstić information content (AvgIpc) is 2.63. The summed E-state index contributed by atoms with van der Waals surface area (Å²) in [7, 11) is 1.80. The van der Waals surface area contributed by atoms with E-state index < -0.39 is 0 Å². The standard InChI is InChI=1S/C12H21N3O2/c1-9(8-16)5-4-6-13-12(17)11-7-15(3)14-10(11)2/h7,9,16H,4-6,8H2,1-3H3,(H,13,17). The molecule has 96 valence electrons. The lowest BCUT2D eigenvalue weighted by atomic mass is 10.1. The third-order valence-electron chi connectivity index (χ3n) is 2.73. The van der Waals surface area contributed by atoms with E-state index in [2.05, 4.69) is 10.4 Å². The van der Waals surface area contributed by atoms with Crippen LogP contribution in [0, 0.1) is 12.8 Å². The second-order valence-corrected chi connectivity index (χ2v) is 4.49. The van der Waals surface area contributed by atoms with Crippen molar-refractivity contribution in [3.05, 3.63) is 17.5 Å². The number of carbonyl (C=O) groups is 1. The molecule has 0 aliphatic rings. The summed E-state index contributed by atoms with van der Waals surface area (Å²) in [5, 5.41) is 15.8. The Morgan fingerprint density at radius 3 is 2.88 bits per heavy atom. The molecule has 0 aromatic carbocycles. The molecule has 0 spiro atoms. The summed E-state index contributed by atoms with van der Waals surface area (Å²) in [4.78, 5) is 11.8. The number of aromatic nitrogens is 2. The quantitative estimate of drug-likeness (QED) is 0.724. The van der Waals surface area contributed by atoms with Crippen LogP contribution in [0.3, 0.4) is 0 Å². The largest absolute Gasteiger partial charge is 0.396 e. The van der Waals surface area contributed by atoms with Gasteiger partial charge in [0.15, 0.2) is 0 Å². The highest BCUT2D eigenvalue weighted by molar-refractivity contribution is 5.94. The number of rotatable bonds is 6. The fourth-order valence-electron chi connectivity index (χ4n) is 1.66. The molecule has 17 heavy (non-hydrogen) atoms. The van der Waals surface area contributed by atoms with Crippen LogP contribution in [0.15, 0.2) is 6.20 Å². The Balaban J connectivity index is 2.33. The zero-order valence-electron chi connectivity index (χ0n) is 10.7. The molecule has 0 saturated heterocycles. The molecular weight excluding hydrogens is 218 g/mol. The smallest absolute Gasteiger partial charge is 0.254 e. The van der Waals surface area contributed by atoms with Gasteiger partial charge in [-0.25, -0.2) is 0 Å². The molecule has 2 N–H and O–H groups in total. The van der Waals surface area contributed by atoms with Crippen molar-refractivity contribution in [2.24, 2.45) is 13.0 Å². The second-order valence-electron chi connectivity index (χ2n) is 4.49. The lowest BCUT2D eigenvalue weighted by Gasteiger charge is -2.08. The Morgan fingerprint density at radius 2 is 2.35 bits per heavy atom. The molecule has 1 aromatic heterocycles. The monoisotopic (exact) mass is 239 g/mol. The number of aliphatic hydroxyl groups is 1. The zero-order valence-corrected chi connectivity index (χ0v) is 10.7. The van der Waals surface area contributed by atoms with E-state index in [9.17, 15) is 4.79 Å². The Bertz CT molecular complexity index is 374. The summed E-state index contributed by atoms with van der Waals surface area (Å²) < 4.78 is 1.64. The predicted molar refractivity (Wildman–Crippen MR) is 65.8 cm³/mol. The molecule has 0 aliphatic carbocycles. The van der Waals surface area contributed by atoms with Gasteiger partial charge in [-0.15, -0.1) is 0 Å². The van der Waals surface area contributed by atoms with Gasteiger partial charge in [-0.05, 0) is 25.7 Å². The van der Waals surface area contributed by atoms with Crippen LogP contribution in [0.2, 0.25) is 0 Å². The molecule has 5 heteroatoms.